The second kappa shape index (κ2) is 7.86. The van der Waals surface area contributed by atoms with Crippen LogP contribution in [0.3, 0.4) is 0 Å². The van der Waals surface area contributed by atoms with E-state index in [0.717, 1.165) is 6.07 Å². The van der Waals surface area contributed by atoms with Crippen molar-refractivity contribution < 1.29 is 27.5 Å². The lowest BCUT2D eigenvalue weighted by Gasteiger charge is -2.30. The molecule has 2 aromatic rings. The van der Waals surface area contributed by atoms with E-state index in [-0.39, 0.29) is 16.8 Å². The van der Waals surface area contributed by atoms with E-state index in [1.807, 2.05) is 0 Å². The second-order valence-electron chi connectivity index (χ2n) is 6.34. The summed E-state index contributed by atoms with van der Waals surface area (Å²) in [6, 6.07) is 9.34. The van der Waals surface area contributed by atoms with E-state index in [2.05, 4.69) is 16.0 Å². The third-order valence-electron chi connectivity index (χ3n) is 4.44. The Bertz CT molecular complexity index is 969. The van der Waals surface area contributed by atoms with Gasteiger partial charge in [0.2, 0.25) is 0 Å². The molecule has 0 spiro atoms. The minimum Gasteiger partial charge on any atom is -0.497 e. The summed E-state index contributed by atoms with van der Waals surface area (Å²) >= 11 is 0. The number of hydrogen-bond acceptors (Lipinski definition) is 3. The molecule has 0 aromatic heterocycles. The fraction of sp³-hybridized carbons (Fsp3) is 0.200. The van der Waals surface area contributed by atoms with E-state index in [4.69, 9.17) is 4.74 Å². The second-order valence-corrected chi connectivity index (χ2v) is 6.34. The molecule has 3 amide bonds. The Kier molecular flexibility index (Phi) is 5.49. The van der Waals surface area contributed by atoms with Crippen LogP contribution in [-0.4, -0.2) is 19.0 Å². The number of anilines is 1. The Morgan fingerprint density at radius 1 is 1.10 bits per heavy atom. The van der Waals surface area contributed by atoms with Gasteiger partial charge in [0, 0.05) is 11.4 Å². The van der Waals surface area contributed by atoms with Gasteiger partial charge in [-0.25, -0.2) is 4.79 Å². The number of rotatable bonds is 4. The number of ether oxygens (including phenoxy) is 1. The number of allylic oxidation sites excluding steroid dienone is 1. The standard InChI is InChI=1S/C20H18F3N3O3/c1-11-16(18(27)25-12-7-9-13(29-2)10-8-12)17(26-19(28)24-11)14-5-3-4-6-15(14)20(21,22)23/h3-10,17H,1-2H3,(H,25,27)(H2,24,26,28)/t17-/m0/s1. The summed E-state index contributed by atoms with van der Waals surface area (Å²) in [5.41, 5.74) is -0.557. The van der Waals surface area contributed by atoms with E-state index in [1.165, 1.54) is 32.2 Å². The number of urea groups is 1. The van der Waals surface area contributed by atoms with Crippen LogP contribution in [0.4, 0.5) is 23.7 Å². The van der Waals surface area contributed by atoms with Crippen LogP contribution in [0.15, 0.2) is 59.8 Å². The number of nitrogens with one attached hydrogen (secondary N) is 3. The molecule has 0 radical (unpaired) electrons. The van der Waals surface area contributed by atoms with Gasteiger partial charge >= 0.3 is 12.2 Å². The molecule has 152 valence electrons. The summed E-state index contributed by atoms with van der Waals surface area (Å²) in [5.74, 6) is -0.0517. The predicted octanol–water partition coefficient (Wildman–Crippen LogP) is 3.98. The number of methoxy groups -OCH3 is 1. The third-order valence-corrected chi connectivity index (χ3v) is 4.44. The average Bonchev–Trinajstić information content (AvgIpc) is 2.67. The van der Waals surface area contributed by atoms with E-state index >= 15 is 0 Å². The van der Waals surface area contributed by atoms with E-state index in [9.17, 15) is 22.8 Å². The molecule has 0 saturated carbocycles. The first-order valence-corrected chi connectivity index (χ1v) is 8.60. The summed E-state index contributed by atoms with van der Waals surface area (Å²) in [5, 5.41) is 7.50. The van der Waals surface area contributed by atoms with E-state index < -0.39 is 29.7 Å². The molecule has 1 atom stereocenters. The zero-order valence-corrected chi connectivity index (χ0v) is 15.6. The highest BCUT2D eigenvalue weighted by molar-refractivity contribution is 6.06. The maximum absolute atomic E-state index is 13.5. The Labute approximate surface area is 164 Å². The SMILES string of the molecule is COc1ccc(NC(=O)C2=C(C)NC(=O)N[C@H]2c2ccccc2C(F)(F)F)cc1. The predicted molar refractivity (Wildman–Crippen MR) is 100 cm³/mol. The van der Waals surface area contributed by atoms with Gasteiger partial charge in [-0.15, -0.1) is 0 Å². The minimum absolute atomic E-state index is 0.0166. The van der Waals surface area contributed by atoms with Crippen LogP contribution < -0.4 is 20.7 Å². The maximum Gasteiger partial charge on any atom is 0.416 e. The summed E-state index contributed by atoms with van der Waals surface area (Å²) < 4.78 is 45.5. The summed E-state index contributed by atoms with van der Waals surface area (Å²) in [4.78, 5) is 24.8. The van der Waals surface area contributed by atoms with Crippen molar-refractivity contribution in [1.82, 2.24) is 10.6 Å². The topological polar surface area (TPSA) is 79.5 Å². The third kappa shape index (κ3) is 4.34. The van der Waals surface area contributed by atoms with Crippen molar-refractivity contribution in [2.24, 2.45) is 0 Å². The van der Waals surface area contributed by atoms with Gasteiger partial charge in [-0.1, -0.05) is 18.2 Å². The van der Waals surface area contributed by atoms with Crippen LogP contribution in [0.2, 0.25) is 0 Å². The molecule has 0 aliphatic carbocycles. The highest BCUT2D eigenvalue weighted by atomic mass is 19.4. The van der Waals surface area contributed by atoms with Crippen LogP contribution in [-0.2, 0) is 11.0 Å². The summed E-state index contributed by atoms with van der Waals surface area (Å²) in [6.45, 7) is 1.46. The molecular formula is C20H18F3N3O3. The highest BCUT2D eigenvalue weighted by Gasteiger charge is 2.39. The quantitative estimate of drug-likeness (QED) is 0.720. The average molecular weight is 405 g/mol. The van der Waals surface area contributed by atoms with Crippen LogP contribution in [0.5, 0.6) is 5.75 Å². The number of alkyl halides is 3. The molecule has 6 nitrogen and oxygen atoms in total. The van der Waals surface area contributed by atoms with Gasteiger partial charge in [0.25, 0.3) is 5.91 Å². The Balaban J connectivity index is 1.99. The number of carbonyl (C=O) groups excluding carboxylic acids is 2. The van der Waals surface area contributed by atoms with Crippen molar-refractivity contribution in [1.29, 1.82) is 0 Å². The lowest BCUT2D eigenvalue weighted by Crippen LogP contribution is -2.46. The number of carbonyl (C=O) groups is 2. The Hall–Kier alpha value is -3.49. The largest absolute Gasteiger partial charge is 0.497 e. The first kappa shape index (κ1) is 20.2. The molecule has 1 aliphatic heterocycles. The summed E-state index contributed by atoms with van der Waals surface area (Å²) in [7, 11) is 1.50. The van der Waals surface area contributed by atoms with Gasteiger partial charge in [0.05, 0.1) is 24.3 Å². The van der Waals surface area contributed by atoms with Crippen LogP contribution >= 0.6 is 0 Å². The molecule has 1 aliphatic rings. The molecule has 0 saturated heterocycles. The number of benzene rings is 2. The first-order valence-electron chi connectivity index (χ1n) is 8.60. The van der Waals surface area contributed by atoms with Gasteiger partial charge in [0.15, 0.2) is 0 Å². The Morgan fingerprint density at radius 3 is 2.38 bits per heavy atom. The maximum atomic E-state index is 13.5. The fourth-order valence-corrected chi connectivity index (χ4v) is 3.11. The van der Waals surface area contributed by atoms with Crippen molar-refractivity contribution in [2.75, 3.05) is 12.4 Å². The monoisotopic (exact) mass is 405 g/mol. The minimum atomic E-state index is -4.64. The number of amides is 3. The molecule has 3 rings (SSSR count). The van der Waals surface area contributed by atoms with Gasteiger partial charge in [-0.3, -0.25) is 4.79 Å². The molecule has 1 heterocycles. The lowest BCUT2D eigenvalue weighted by molar-refractivity contribution is -0.138. The molecule has 0 bridgehead atoms. The molecule has 0 unspecified atom stereocenters. The normalized spacial score (nSPS) is 16.7. The van der Waals surface area contributed by atoms with Gasteiger partial charge in [0.1, 0.15) is 5.75 Å². The highest BCUT2D eigenvalue weighted by Crippen LogP contribution is 2.38. The van der Waals surface area contributed by atoms with E-state index in [0.29, 0.717) is 11.4 Å². The van der Waals surface area contributed by atoms with Crippen LogP contribution in [0, 0.1) is 0 Å². The number of hydrogen-bond donors (Lipinski definition) is 3. The lowest BCUT2D eigenvalue weighted by atomic mass is 9.91. The van der Waals surface area contributed by atoms with Crippen molar-refractivity contribution in [3.8, 4) is 5.75 Å². The number of halogens is 3. The zero-order chi connectivity index (χ0) is 21.2. The molecule has 29 heavy (non-hydrogen) atoms. The molecule has 3 N–H and O–H groups in total. The first-order chi connectivity index (χ1) is 13.7. The smallest absolute Gasteiger partial charge is 0.416 e. The molecule has 2 aromatic carbocycles. The summed E-state index contributed by atoms with van der Waals surface area (Å²) in [6.07, 6.45) is -4.64. The van der Waals surface area contributed by atoms with Crippen LogP contribution in [0.1, 0.15) is 24.1 Å². The fourth-order valence-electron chi connectivity index (χ4n) is 3.11. The molecule has 9 heteroatoms. The molecule has 0 fully saturated rings. The van der Waals surface area contributed by atoms with Gasteiger partial charge < -0.3 is 20.7 Å². The van der Waals surface area contributed by atoms with Crippen molar-refractivity contribution in [3.05, 3.63) is 70.9 Å². The van der Waals surface area contributed by atoms with Gasteiger partial charge in [-0.2, -0.15) is 13.2 Å². The van der Waals surface area contributed by atoms with Crippen LogP contribution in [0.25, 0.3) is 0 Å². The van der Waals surface area contributed by atoms with Crippen molar-refractivity contribution >= 4 is 17.6 Å². The molecular weight excluding hydrogens is 387 g/mol. The zero-order valence-electron chi connectivity index (χ0n) is 15.6. The van der Waals surface area contributed by atoms with Gasteiger partial charge in [-0.05, 0) is 42.8 Å². The van der Waals surface area contributed by atoms with Crippen molar-refractivity contribution in [2.45, 2.75) is 19.1 Å². The Morgan fingerprint density at radius 2 is 1.76 bits per heavy atom. The van der Waals surface area contributed by atoms with E-state index in [1.54, 1.807) is 24.3 Å². The van der Waals surface area contributed by atoms with Crippen molar-refractivity contribution in [3.63, 3.8) is 0 Å².